The molecular formula is C25H42N2S. The lowest BCUT2D eigenvalue weighted by Crippen LogP contribution is -1.92. The number of imidazole rings is 1. The number of nitrogens with zero attached hydrogens (tertiary/aromatic N) is 1. The molecule has 1 N–H and O–H groups in total. The SMILES string of the molecule is CCCCCCCCCCCCCCCCSCCc1nc2ccccc2[nH]1. The molecule has 3 heteroatoms. The van der Waals surface area contributed by atoms with Crippen LogP contribution in [0.2, 0.25) is 0 Å². The van der Waals surface area contributed by atoms with E-state index in [2.05, 4.69) is 52.9 Å². The zero-order valence-corrected chi connectivity index (χ0v) is 19.0. The highest BCUT2D eigenvalue weighted by Gasteiger charge is 2.01. The van der Waals surface area contributed by atoms with Crippen molar-refractivity contribution >= 4 is 22.8 Å². The lowest BCUT2D eigenvalue weighted by atomic mass is 10.0. The number of hydrogen-bond donors (Lipinski definition) is 1. The first-order valence-electron chi connectivity index (χ1n) is 11.9. The number of unbranched alkanes of at least 4 members (excludes halogenated alkanes) is 13. The van der Waals surface area contributed by atoms with E-state index in [1.807, 2.05) is 0 Å². The smallest absolute Gasteiger partial charge is 0.108 e. The average molecular weight is 403 g/mol. The molecule has 0 amide bonds. The van der Waals surface area contributed by atoms with Crippen LogP contribution in [0.3, 0.4) is 0 Å². The molecule has 0 unspecified atom stereocenters. The number of hydrogen-bond acceptors (Lipinski definition) is 2. The van der Waals surface area contributed by atoms with Crippen molar-refractivity contribution in [3.05, 3.63) is 30.1 Å². The van der Waals surface area contributed by atoms with Crippen LogP contribution in [0.1, 0.15) is 103 Å². The normalized spacial score (nSPS) is 11.5. The summed E-state index contributed by atoms with van der Waals surface area (Å²) < 4.78 is 0. The number of fused-ring (bicyclic) bond motifs is 1. The molecule has 0 aliphatic carbocycles. The fraction of sp³-hybridized carbons (Fsp3) is 0.720. The van der Waals surface area contributed by atoms with Crippen molar-refractivity contribution in [3.8, 4) is 0 Å². The van der Waals surface area contributed by atoms with E-state index in [1.165, 1.54) is 101 Å². The highest BCUT2D eigenvalue weighted by molar-refractivity contribution is 7.99. The third-order valence-electron chi connectivity index (χ3n) is 5.56. The van der Waals surface area contributed by atoms with E-state index in [0.717, 1.165) is 23.3 Å². The molecule has 0 bridgehead atoms. The van der Waals surface area contributed by atoms with Crippen molar-refractivity contribution in [1.29, 1.82) is 0 Å². The minimum Gasteiger partial charge on any atom is -0.342 e. The third kappa shape index (κ3) is 10.5. The predicted octanol–water partition coefficient (Wildman–Crippen LogP) is 8.32. The van der Waals surface area contributed by atoms with E-state index in [0.29, 0.717) is 0 Å². The Kier molecular flexibility index (Phi) is 13.2. The Balaban J connectivity index is 1.30. The molecule has 0 radical (unpaired) electrons. The first-order valence-corrected chi connectivity index (χ1v) is 13.1. The molecule has 0 atom stereocenters. The summed E-state index contributed by atoms with van der Waals surface area (Å²) in [5, 5.41) is 0. The number of H-pyrrole nitrogens is 1. The van der Waals surface area contributed by atoms with Gasteiger partial charge in [0.1, 0.15) is 5.82 Å². The van der Waals surface area contributed by atoms with Gasteiger partial charge in [-0.25, -0.2) is 4.98 Å². The highest BCUT2D eigenvalue weighted by Crippen LogP contribution is 2.15. The van der Waals surface area contributed by atoms with Crippen LogP contribution in [0.25, 0.3) is 11.0 Å². The second-order valence-corrected chi connectivity index (χ2v) is 9.38. The maximum atomic E-state index is 4.65. The summed E-state index contributed by atoms with van der Waals surface area (Å²) in [6.45, 7) is 2.29. The molecule has 1 aromatic carbocycles. The van der Waals surface area contributed by atoms with Crippen LogP contribution in [0.4, 0.5) is 0 Å². The number of aryl methyl sites for hydroxylation is 1. The quantitative estimate of drug-likeness (QED) is 0.254. The van der Waals surface area contributed by atoms with Crippen LogP contribution in [0.15, 0.2) is 24.3 Å². The fourth-order valence-electron chi connectivity index (χ4n) is 3.79. The molecule has 0 fully saturated rings. The maximum absolute atomic E-state index is 4.65. The van der Waals surface area contributed by atoms with Crippen molar-refractivity contribution < 1.29 is 0 Å². The van der Waals surface area contributed by atoms with Crippen LogP contribution in [0.5, 0.6) is 0 Å². The number of para-hydroxylation sites is 2. The molecule has 2 aromatic rings. The van der Waals surface area contributed by atoms with Crippen molar-refractivity contribution in [2.24, 2.45) is 0 Å². The van der Waals surface area contributed by atoms with Crippen molar-refractivity contribution in [2.45, 2.75) is 103 Å². The fourth-order valence-corrected chi connectivity index (χ4v) is 4.74. The zero-order chi connectivity index (χ0) is 19.7. The minimum absolute atomic E-state index is 1.05. The van der Waals surface area contributed by atoms with Crippen molar-refractivity contribution in [3.63, 3.8) is 0 Å². The van der Waals surface area contributed by atoms with E-state index in [4.69, 9.17) is 0 Å². The van der Waals surface area contributed by atoms with Crippen LogP contribution in [-0.4, -0.2) is 21.5 Å². The van der Waals surface area contributed by atoms with Gasteiger partial charge in [0.05, 0.1) is 11.0 Å². The summed E-state index contributed by atoms with van der Waals surface area (Å²) in [5.41, 5.74) is 2.25. The molecule has 158 valence electrons. The van der Waals surface area contributed by atoms with Gasteiger partial charge in [-0.3, -0.25) is 0 Å². The Bertz CT molecular complexity index is 574. The Morgan fingerprint density at radius 3 is 1.89 bits per heavy atom. The van der Waals surface area contributed by atoms with Crippen LogP contribution >= 0.6 is 11.8 Å². The topological polar surface area (TPSA) is 28.7 Å². The number of aromatic amines is 1. The van der Waals surface area contributed by atoms with Crippen LogP contribution < -0.4 is 0 Å². The van der Waals surface area contributed by atoms with Gasteiger partial charge in [-0.2, -0.15) is 11.8 Å². The Morgan fingerprint density at radius 1 is 0.714 bits per heavy atom. The molecule has 0 aliphatic rings. The molecular weight excluding hydrogens is 360 g/mol. The number of nitrogens with one attached hydrogen (secondary N) is 1. The number of rotatable bonds is 18. The number of thioether (sulfide) groups is 1. The van der Waals surface area contributed by atoms with Crippen LogP contribution in [0, 0.1) is 0 Å². The summed E-state index contributed by atoms with van der Waals surface area (Å²) in [6.07, 6.45) is 21.2. The minimum atomic E-state index is 1.05. The molecule has 0 saturated carbocycles. The molecule has 2 nitrogen and oxygen atoms in total. The molecule has 1 aromatic heterocycles. The van der Waals surface area contributed by atoms with E-state index < -0.39 is 0 Å². The van der Waals surface area contributed by atoms with E-state index in [9.17, 15) is 0 Å². The van der Waals surface area contributed by atoms with E-state index in [-0.39, 0.29) is 0 Å². The molecule has 1 heterocycles. The maximum Gasteiger partial charge on any atom is 0.108 e. The zero-order valence-electron chi connectivity index (χ0n) is 18.2. The van der Waals surface area contributed by atoms with Gasteiger partial charge < -0.3 is 4.98 Å². The predicted molar refractivity (Wildman–Crippen MR) is 127 cm³/mol. The van der Waals surface area contributed by atoms with Gasteiger partial charge in [-0.05, 0) is 24.3 Å². The number of aromatic nitrogens is 2. The monoisotopic (exact) mass is 402 g/mol. The largest absolute Gasteiger partial charge is 0.342 e. The van der Waals surface area contributed by atoms with Gasteiger partial charge in [-0.15, -0.1) is 0 Å². The molecule has 0 saturated heterocycles. The Hall–Kier alpha value is -0.960. The summed E-state index contributed by atoms with van der Waals surface area (Å²) in [4.78, 5) is 8.08. The summed E-state index contributed by atoms with van der Waals surface area (Å²) in [6, 6.07) is 8.30. The first kappa shape index (κ1) is 23.3. The lowest BCUT2D eigenvalue weighted by molar-refractivity contribution is 0.538. The van der Waals surface area contributed by atoms with Crippen LogP contribution in [-0.2, 0) is 6.42 Å². The summed E-state index contributed by atoms with van der Waals surface area (Å²) >= 11 is 2.08. The van der Waals surface area contributed by atoms with Gasteiger partial charge in [-0.1, -0.05) is 103 Å². The van der Waals surface area contributed by atoms with Gasteiger partial charge in [0, 0.05) is 12.2 Å². The second-order valence-electron chi connectivity index (χ2n) is 8.16. The van der Waals surface area contributed by atoms with Gasteiger partial charge in [0.15, 0.2) is 0 Å². The van der Waals surface area contributed by atoms with Crippen molar-refractivity contribution in [2.75, 3.05) is 11.5 Å². The Labute approximate surface area is 177 Å². The molecule has 0 aliphatic heterocycles. The molecule has 0 spiro atoms. The third-order valence-corrected chi connectivity index (χ3v) is 6.63. The standard InChI is InChI=1S/C25H42N2S/c1-2-3-4-5-6-7-8-9-10-11-12-13-14-17-21-28-22-20-25-26-23-18-15-16-19-24(23)27-25/h15-16,18-19H,2-14,17,20-22H2,1H3,(H,26,27). The van der Waals surface area contributed by atoms with Gasteiger partial charge >= 0.3 is 0 Å². The molecule has 28 heavy (non-hydrogen) atoms. The van der Waals surface area contributed by atoms with Gasteiger partial charge in [0.25, 0.3) is 0 Å². The highest BCUT2D eigenvalue weighted by atomic mass is 32.2. The molecule has 2 rings (SSSR count). The second kappa shape index (κ2) is 15.9. The lowest BCUT2D eigenvalue weighted by Gasteiger charge is -2.03. The number of benzene rings is 1. The van der Waals surface area contributed by atoms with E-state index in [1.54, 1.807) is 0 Å². The Morgan fingerprint density at radius 2 is 1.29 bits per heavy atom. The first-order chi connectivity index (χ1) is 13.9. The summed E-state index contributed by atoms with van der Waals surface area (Å²) in [7, 11) is 0. The van der Waals surface area contributed by atoms with E-state index >= 15 is 0 Å². The van der Waals surface area contributed by atoms with Gasteiger partial charge in [0.2, 0.25) is 0 Å². The average Bonchev–Trinajstić information content (AvgIpc) is 3.13. The summed E-state index contributed by atoms with van der Waals surface area (Å²) in [5.74, 6) is 3.62. The van der Waals surface area contributed by atoms with Crippen molar-refractivity contribution in [1.82, 2.24) is 9.97 Å².